The van der Waals surface area contributed by atoms with Gasteiger partial charge in [0.2, 0.25) is 0 Å². The summed E-state index contributed by atoms with van der Waals surface area (Å²) in [5, 5.41) is 0. The summed E-state index contributed by atoms with van der Waals surface area (Å²) in [4.78, 5) is 13.7. The van der Waals surface area contributed by atoms with Gasteiger partial charge in [-0.2, -0.15) is 13.2 Å². The van der Waals surface area contributed by atoms with E-state index in [1.54, 1.807) is 26.8 Å². The second-order valence-electron chi connectivity index (χ2n) is 6.38. The summed E-state index contributed by atoms with van der Waals surface area (Å²) in [6, 6.07) is 2.72. The predicted molar refractivity (Wildman–Crippen MR) is 83.3 cm³/mol. The highest BCUT2D eigenvalue weighted by Crippen LogP contribution is 2.40. The van der Waals surface area contributed by atoms with Gasteiger partial charge < -0.3 is 4.74 Å². The highest BCUT2D eigenvalue weighted by atomic mass is 32.2. The van der Waals surface area contributed by atoms with Crippen molar-refractivity contribution in [1.82, 2.24) is 4.90 Å². The van der Waals surface area contributed by atoms with Gasteiger partial charge in [0, 0.05) is 18.0 Å². The smallest absolute Gasteiger partial charge is 0.417 e. The van der Waals surface area contributed by atoms with E-state index in [9.17, 15) is 18.0 Å². The van der Waals surface area contributed by atoms with Crippen molar-refractivity contribution in [1.29, 1.82) is 0 Å². The van der Waals surface area contributed by atoms with E-state index in [-0.39, 0.29) is 18.0 Å². The van der Waals surface area contributed by atoms with Crippen LogP contribution in [0.5, 0.6) is 0 Å². The van der Waals surface area contributed by atoms with Gasteiger partial charge in [-0.1, -0.05) is 6.92 Å². The normalized spacial score (nSPS) is 14.8. The zero-order chi connectivity index (χ0) is 17.4. The molecular weight excluding hydrogens is 327 g/mol. The van der Waals surface area contributed by atoms with Crippen molar-refractivity contribution >= 4 is 17.9 Å². The number of carbonyl (C=O) groups excluding carboxylic acids is 1. The molecular formula is C16H20F3NO2S. The Bertz CT molecular complexity index is 609. The van der Waals surface area contributed by atoms with Gasteiger partial charge in [0.15, 0.2) is 0 Å². The molecule has 1 aliphatic rings. The Kier molecular flexibility index (Phi) is 4.89. The number of amides is 1. The fourth-order valence-electron chi connectivity index (χ4n) is 2.38. The first kappa shape index (κ1) is 18.0. The molecule has 23 heavy (non-hydrogen) atoms. The van der Waals surface area contributed by atoms with Crippen LogP contribution in [0.25, 0.3) is 0 Å². The van der Waals surface area contributed by atoms with Gasteiger partial charge in [0.1, 0.15) is 5.60 Å². The summed E-state index contributed by atoms with van der Waals surface area (Å²) < 4.78 is 44.9. The fourth-order valence-corrected chi connectivity index (χ4v) is 3.25. The molecule has 0 spiro atoms. The van der Waals surface area contributed by atoms with Crippen LogP contribution in [0.2, 0.25) is 0 Å². The van der Waals surface area contributed by atoms with E-state index in [0.29, 0.717) is 11.3 Å². The highest BCUT2D eigenvalue weighted by Gasteiger charge is 2.36. The Morgan fingerprint density at radius 2 is 1.78 bits per heavy atom. The number of alkyl halides is 3. The Labute approximate surface area is 138 Å². The van der Waals surface area contributed by atoms with Crippen LogP contribution >= 0.6 is 11.8 Å². The first-order chi connectivity index (χ1) is 10.5. The van der Waals surface area contributed by atoms with Crippen LogP contribution in [0.1, 0.15) is 44.4 Å². The zero-order valence-electron chi connectivity index (χ0n) is 13.6. The number of hydrogen-bond donors (Lipinski definition) is 0. The third-order valence-corrected chi connectivity index (χ3v) is 4.22. The summed E-state index contributed by atoms with van der Waals surface area (Å²) in [5.41, 5.74) is 0.0178. The minimum Gasteiger partial charge on any atom is -0.444 e. The van der Waals surface area contributed by atoms with Crippen molar-refractivity contribution in [3.8, 4) is 0 Å². The molecule has 7 heteroatoms. The molecule has 0 aliphatic carbocycles. The zero-order valence-corrected chi connectivity index (χ0v) is 14.4. The summed E-state index contributed by atoms with van der Waals surface area (Å²) in [7, 11) is 0. The largest absolute Gasteiger partial charge is 0.444 e. The molecule has 1 aromatic rings. The van der Waals surface area contributed by atoms with Crippen LogP contribution in [0, 0.1) is 0 Å². The molecule has 0 saturated heterocycles. The van der Waals surface area contributed by atoms with Gasteiger partial charge in [0.05, 0.1) is 5.56 Å². The lowest BCUT2D eigenvalue weighted by Crippen LogP contribution is -2.33. The molecule has 1 amide bonds. The molecule has 1 aromatic carbocycles. The molecule has 1 heterocycles. The average Bonchev–Trinajstić information content (AvgIpc) is 2.78. The van der Waals surface area contributed by atoms with E-state index < -0.39 is 23.4 Å². The maximum Gasteiger partial charge on any atom is 0.417 e. The molecule has 0 radical (unpaired) electrons. The maximum atomic E-state index is 13.2. The molecule has 0 atom stereocenters. The van der Waals surface area contributed by atoms with Crippen LogP contribution in [0.15, 0.2) is 17.0 Å². The van der Waals surface area contributed by atoms with Crippen molar-refractivity contribution in [2.75, 3.05) is 5.75 Å². The van der Waals surface area contributed by atoms with Gasteiger partial charge in [-0.3, -0.25) is 4.90 Å². The SMILES string of the molecule is CCSc1cc2c(cc1C(F)(F)F)CN(C(=O)OC(C)(C)C)C2. The minimum atomic E-state index is -4.40. The first-order valence-electron chi connectivity index (χ1n) is 7.35. The number of thioether (sulfide) groups is 1. The number of halogens is 3. The third kappa shape index (κ3) is 4.34. The number of fused-ring (bicyclic) bond motifs is 1. The Morgan fingerprint density at radius 1 is 1.22 bits per heavy atom. The Balaban J connectivity index is 2.27. The van der Waals surface area contributed by atoms with E-state index in [2.05, 4.69) is 0 Å². The quantitative estimate of drug-likeness (QED) is 0.700. The van der Waals surface area contributed by atoms with E-state index >= 15 is 0 Å². The number of ether oxygens (including phenoxy) is 1. The number of carbonyl (C=O) groups is 1. The molecule has 0 bridgehead atoms. The molecule has 128 valence electrons. The maximum absolute atomic E-state index is 13.2. The number of rotatable bonds is 2. The summed E-state index contributed by atoms with van der Waals surface area (Å²) in [6.07, 6.45) is -4.90. The van der Waals surface area contributed by atoms with Gasteiger partial charge >= 0.3 is 12.3 Å². The highest BCUT2D eigenvalue weighted by molar-refractivity contribution is 7.99. The molecule has 0 aromatic heterocycles. The molecule has 3 nitrogen and oxygen atoms in total. The molecule has 0 saturated carbocycles. The lowest BCUT2D eigenvalue weighted by atomic mass is 10.1. The van der Waals surface area contributed by atoms with Crippen molar-refractivity contribution in [3.05, 3.63) is 28.8 Å². The van der Waals surface area contributed by atoms with E-state index in [4.69, 9.17) is 4.74 Å². The number of nitrogens with zero attached hydrogens (tertiary/aromatic N) is 1. The van der Waals surface area contributed by atoms with Gasteiger partial charge in [-0.15, -0.1) is 11.8 Å². The molecule has 0 fully saturated rings. The summed E-state index contributed by atoms with van der Waals surface area (Å²) >= 11 is 1.16. The summed E-state index contributed by atoms with van der Waals surface area (Å²) in [5.74, 6) is 0.553. The minimum absolute atomic E-state index is 0.143. The summed E-state index contributed by atoms with van der Waals surface area (Å²) in [6.45, 7) is 7.50. The predicted octanol–water partition coefficient (Wildman–Crippen LogP) is 5.07. The van der Waals surface area contributed by atoms with Crippen molar-refractivity contribution < 1.29 is 22.7 Å². The molecule has 0 N–H and O–H groups in total. The molecule has 2 rings (SSSR count). The van der Waals surface area contributed by atoms with Gasteiger partial charge in [-0.25, -0.2) is 4.79 Å². The number of hydrogen-bond acceptors (Lipinski definition) is 3. The second kappa shape index (κ2) is 6.26. The van der Waals surface area contributed by atoms with Crippen LogP contribution in [0.3, 0.4) is 0 Å². The van der Waals surface area contributed by atoms with Crippen molar-refractivity contribution in [3.63, 3.8) is 0 Å². The standard InChI is InChI=1S/C16H20F3NO2S/c1-5-23-13-7-11-9-20(14(21)22-15(2,3)4)8-10(11)6-12(13)16(17,18)19/h6-7H,5,8-9H2,1-4H3. The topological polar surface area (TPSA) is 29.5 Å². The fraction of sp³-hybridized carbons (Fsp3) is 0.562. The second-order valence-corrected chi connectivity index (χ2v) is 7.69. The van der Waals surface area contributed by atoms with Crippen molar-refractivity contribution in [2.24, 2.45) is 0 Å². The lowest BCUT2D eigenvalue weighted by molar-refractivity contribution is -0.139. The van der Waals surface area contributed by atoms with Crippen LogP contribution < -0.4 is 0 Å². The number of benzene rings is 1. The van der Waals surface area contributed by atoms with Crippen LogP contribution in [0.4, 0.5) is 18.0 Å². The first-order valence-corrected chi connectivity index (χ1v) is 8.33. The third-order valence-electron chi connectivity index (χ3n) is 3.28. The lowest BCUT2D eigenvalue weighted by Gasteiger charge is -2.24. The molecule has 0 unspecified atom stereocenters. The Hall–Kier alpha value is -1.37. The Morgan fingerprint density at radius 3 is 2.26 bits per heavy atom. The van der Waals surface area contributed by atoms with Gasteiger partial charge in [0.25, 0.3) is 0 Å². The van der Waals surface area contributed by atoms with Crippen molar-refractivity contribution in [2.45, 2.75) is 57.5 Å². The monoisotopic (exact) mass is 347 g/mol. The van der Waals surface area contributed by atoms with Crippen LogP contribution in [-0.4, -0.2) is 22.3 Å². The van der Waals surface area contributed by atoms with E-state index in [1.807, 2.05) is 6.92 Å². The van der Waals surface area contributed by atoms with Crippen LogP contribution in [-0.2, 0) is 24.0 Å². The van der Waals surface area contributed by atoms with E-state index in [1.165, 1.54) is 4.90 Å². The molecule has 1 aliphatic heterocycles. The van der Waals surface area contributed by atoms with Gasteiger partial charge in [-0.05, 0) is 49.8 Å². The van der Waals surface area contributed by atoms with E-state index in [0.717, 1.165) is 23.4 Å². The average molecular weight is 347 g/mol.